The van der Waals surface area contributed by atoms with E-state index < -0.39 is 0 Å². The van der Waals surface area contributed by atoms with Gasteiger partial charge in [0.25, 0.3) is 0 Å². The molecule has 0 aromatic heterocycles. The third-order valence-electron chi connectivity index (χ3n) is 5.84. The molecule has 0 saturated carbocycles. The molecule has 110 valence electrons. The lowest BCUT2D eigenvalue weighted by atomic mass is 9.80. The largest absolute Gasteiger partial charge is 0.312 e. The zero-order valence-electron chi connectivity index (χ0n) is 12.8. The zero-order chi connectivity index (χ0) is 13.3. The first-order valence-electron chi connectivity index (χ1n) is 8.32. The lowest BCUT2D eigenvalue weighted by Gasteiger charge is -2.40. The predicted molar refractivity (Wildman–Crippen MR) is 80.5 cm³/mol. The Morgan fingerprint density at radius 3 is 2.63 bits per heavy atom. The molecule has 0 aromatic rings. The fraction of sp³-hybridized carbons (Fsp3) is 1.00. The summed E-state index contributed by atoms with van der Waals surface area (Å²) in [5.74, 6) is 0. The van der Waals surface area contributed by atoms with E-state index in [4.69, 9.17) is 0 Å². The molecule has 3 rings (SSSR count). The summed E-state index contributed by atoms with van der Waals surface area (Å²) in [5, 5.41) is 3.95. The molecule has 0 aliphatic carbocycles. The van der Waals surface area contributed by atoms with Crippen LogP contribution in [0, 0.1) is 5.41 Å². The molecule has 3 aliphatic heterocycles. The van der Waals surface area contributed by atoms with Gasteiger partial charge in [0, 0.05) is 25.2 Å². The quantitative estimate of drug-likeness (QED) is 0.841. The lowest BCUT2D eigenvalue weighted by Crippen LogP contribution is -2.49. The van der Waals surface area contributed by atoms with E-state index in [1.54, 1.807) is 0 Å². The number of piperidine rings is 2. The third-order valence-corrected chi connectivity index (χ3v) is 5.84. The topological polar surface area (TPSA) is 18.5 Å². The fourth-order valence-electron chi connectivity index (χ4n) is 4.20. The van der Waals surface area contributed by atoms with E-state index in [0.29, 0.717) is 5.41 Å². The van der Waals surface area contributed by atoms with Crippen LogP contribution in [0.5, 0.6) is 0 Å². The SMILES string of the molecule is CN1CCC(C)(CNC2CCN3CCCCC23)CC1. The minimum atomic E-state index is 0.536. The normalized spacial score (nSPS) is 36.3. The van der Waals surface area contributed by atoms with Crippen LogP contribution in [0.15, 0.2) is 0 Å². The summed E-state index contributed by atoms with van der Waals surface area (Å²) in [6.07, 6.45) is 8.39. The molecule has 0 aromatic carbocycles. The summed E-state index contributed by atoms with van der Waals surface area (Å²) in [5.41, 5.74) is 0.536. The van der Waals surface area contributed by atoms with Crippen molar-refractivity contribution in [2.45, 2.75) is 57.5 Å². The van der Waals surface area contributed by atoms with E-state index in [1.165, 1.54) is 71.2 Å². The highest BCUT2D eigenvalue weighted by Gasteiger charge is 2.37. The number of likely N-dealkylation sites (tertiary alicyclic amines) is 1. The van der Waals surface area contributed by atoms with Gasteiger partial charge in [-0.3, -0.25) is 4.90 Å². The minimum absolute atomic E-state index is 0.536. The van der Waals surface area contributed by atoms with Gasteiger partial charge in [-0.1, -0.05) is 13.3 Å². The second-order valence-corrected chi connectivity index (χ2v) is 7.49. The van der Waals surface area contributed by atoms with Gasteiger partial charge in [0.2, 0.25) is 0 Å². The van der Waals surface area contributed by atoms with Crippen molar-refractivity contribution >= 4 is 0 Å². The van der Waals surface area contributed by atoms with Crippen LogP contribution in [-0.4, -0.2) is 61.7 Å². The Labute approximate surface area is 118 Å². The Hall–Kier alpha value is -0.120. The molecule has 3 saturated heterocycles. The molecular weight excluding hydrogens is 234 g/mol. The second kappa shape index (κ2) is 5.71. The monoisotopic (exact) mass is 265 g/mol. The van der Waals surface area contributed by atoms with Crippen LogP contribution < -0.4 is 5.32 Å². The van der Waals surface area contributed by atoms with Crippen LogP contribution in [0.1, 0.15) is 45.4 Å². The maximum absolute atomic E-state index is 3.95. The van der Waals surface area contributed by atoms with Gasteiger partial charge in [0.15, 0.2) is 0 Å². The Morgan fingerprint density at radius 1 is 1.05 bits per heavy atom. The predicted octanol–water partition coefficient (Wildman–Crippen LogP) is 1.93. The highest BCUT2D eigenvalue weighted by molar-refractivity contribution is 4.95. The van der Waals surface area contributed by atoms with Crippen molar-refractivity contribution in [3.05, 3.63) is 0 Å². The average molecular weight is 265 g/mol. The summed E-state index contributed by atoms with van der Waals surface area (Å²) < 4.78 is 0. The van der Waals surface area contributed by atoms with E-state index in [1.807, 2.05) is 0 Å². The molecule has 3 heteroatoms. The minimum Gasteiger partial charge on any atom is -0.312 e. The van der Waals surface area contributed by atoms with Gasteiger partial charge in [-0.05, 0) is 64.2 Å². The van der Waals surface area contributed by atoms with Crippen molar-refractivity contribution in [3.8, 4) is 0 Å². The number of fused-ring (bicyclic) bond motifs is 1. The van der Waals surface area contributed by atoms with E-state index in [9.17, 15) is 0 Å². The molecule has 3 nitrogen and oxygen atoms in total. The number of nitrogens with one attached hydrogen (secondary N) is 1. The summed E-state index contributed by atoms with van der Waals surface area (Å²) in [4.78, 5) is 5.21. The third kappa shape index (κ3) is 3.14. The van der Waals surface area contributed by atoms with Crippen molar-refractivity contribution < 1.29 is 0 Å². The van der Waals surface area contributed by atoms with Crippen LogP contribution in [-0.2, 0) is 0 Å². The molecule has 0 amide bonds. The summed E-state index contributed by atoms with van der Waals surface area (Å²) in [6.45, 7) is 8.96. The van der Waals surface area contributed by atoms with Crippen molar-refractivity contribution in [1.82, 2.24) is 15.1 Å². The van der Waals surface area contributed by atoms with Gasteiger partial charge >= 0.3 is 0 Å². The van der Waals surface area contributed by atoms with Crippen LogP contribution in [0.2, 0.25) is 0 Å². The van der Waals surface area contributed by atoms with Crippen LogP contribution in [0.25, 0.3) is 0 Å². The Morgan fingerprint density at radius 2 is 1.84 bits per heavy atom. The van der Waals surface area contributed by atoms with Crippen molar-refractivity contribution in [2.24, 2.45) is 5.41 Å². The van der Waals surface area contributed by atoms with Gasteiger partial charge in [-0.2, -0.15) is 0 Å². The molecule has 1 N–H and O–H groups in total. The Balaban J connectivity index is 1.49. The van der Waals surface area contributed by atoms with Crippen molar-refractivity contribution in [3.63, 3.8) is 0 Å². The lowest BCUT2D eigenvalue weighted by molar-refractivity contribution is 0.125. The number of hydrogen-bond donors (Lipinski definition) is 1. The summed E-state index contributed by atoms with van der Waals surface area (Å²) in [6, 6.07) is 1.63. The fourth-order valence-corrected chi connectivity index (χ4v) is 4.20. The smallest absolute Gasteiger partial charge is 0.0249 e. The Kier molecular flexibility index (Phi) is 4.16. The van der Waals surface area contributed by atoms with Gasteiger partial charge in [0.1, 0.15) is 0 Å². The van der Waals surface area contributed by atoms with Gasteiger partial charge in [-0.25, -0.2) is 0 Å². The number of rotatable bonds is 3. The first kappa shape index (κ1) is 13.8. The molecule has 3 fully saturated rings. The highest BCUT2D eigenvalue weighted by Crippen LogP contribution is 2.31. The maximum Gasteiger partial charge on any atom is 0.0249 e. The Bertz CT molecular complexity index is 296. The van der Waals surface area contributed by atoms with E-state index in [-0.39, 0.29) is 0 Å². The van der Waals surface area contributed by atoms with Gasteiger partial charge in [0.05, 0.1) is 0 Å². The molecule has 3 heterocycles. The highest BCUT2D eigenvalue weighted by atomic mass is 15.2. The van der Waals surface area contributed by atoms with Gasteiger partial charge < -0.3 is 10.2 Å². The van der Waals surface area contributed by atoms with Crippen LogP contribution >= 0.6 is 0 Å². The maximum atomic E-state index is 3.95. The van der Waals surface area contributed by atoms with Gasteiger partial charge in [-0.15, -0.1) is 0 Å². The molecule has 2 atom stereocenters. The first-order chi connectivity index (χ1) is 9.16. The molecule has 0 bridgehead atoms. The average Bonchev–Trinajstić information content (AvgIpc) is 2.84. The van der Waals surface area contributed by atoms with Crippen molar-refractivity contribution in [2.75, 3.05) is 39.8 Å². The zero-order valence-corrected chi connectivity index (χ0v) is 12.8. The number of nitrogens with zero attached hydrogens (tertiary/aromatic N) is 2. The van der Waals surface area contributed by atoms with Crippen LogP contribution in [0.4, 0.5) is 0 Å². The molecule has 19 heavy (non-hydrogen) atoms. The van der Waals surface area contributed by atoms with Crippen molar-refractivity contribution in [1.29, 1.82) is 0 Å². The molecule has 3 aliphatic rings. The van der Waals surface area contributed by atoms with Crippen LogP contribution in [0.3, 0.4) is 0 Å². The first-order valence-corrected chi connectivity index (χ1v) is 8.32. The molecule has 0 radical (unpaired) electrons. The van der Waals surface area contributed by atoms with E-state index >= 15 is 0 Å². The molecule has 0 spiro atoms. The number of hydrogen-bond acceptors (Lipinski definition) is 3. The van der Waals surface area contributed by atoms with E-state index in [2.05, 4.69) is 29.1 Å². The molecular formula is C16H31N3. The molecule has 2 unspecified atom stereocenters. The summed E-state index contributed by atoms with van der Waals surface area (Å²) in [7, 11) is 2.25. The summed E-state index contributed by atoms with van der Waals surface area (Å²) >= 11 is 0. The van der Waals surface area contributed by atoms with E-state index in [0.717, 1.165) is 12.1 Å². The second-order valence-electron chi connectivity index (χ2n) is 7.49. The standard InChI is InChI=1S/C16H31N3/c1-16(7-11-18(2)12-8-16)13-17-14-6-10-19-9-4-3-5-15(14)19/h14-15,17H,3-13H2,1-2H3.